The molecule has 0 radical (unpaired) electrons. The zero-order valence-corrected chi connectivity index (χ0v) is 25.3. The first-order chi connectivity index (χ1) is 16.2. The highest BCUT2D eigenvalue weighted by Crippen LogP contribution is 2.67. The average molecular weight is 503 g/mol. The Kier molecular flexibility index (Phi) is 7.52. The summed E-state index contributed by atoms with van der Waals surface area (Å²) < 4.78 is 11.8. The molecule has 0 bridgehead atoms. The number of rotatable bonds is 6. The lowest BCUT2D eigenvalue weighted by molar-refractivity contribution is -0.141. The van der Waals surface area contributed by atoms with Crippen molar-refractivity contribution in [2.75, 3.05) is 7.11 Å². The summed E-state index contributed by atoms with van der Waals surface area (Å²) in [5.74, 6) is 3.85. The summed E-state index contributed by atoms with van der Waals surface area (Å²) in [6, 6.07) is 0. The topological polar surface area (TPSA) is 35.5 Å². The number of esters is 1. The van der Waals surface area contributed by atoms with Gasteiger partial charge in [0.2, 0.25) is 0 Å². The predicted octanol–water partition coefficient (Wildman–Crippen LogP) is 8.55. The Morgan fingerprint density at radius 3 is 2.49 bits per heavy atom. The Morgan fingerprint density at radius 2 is 1.83 bits per heavy atom. The van der Waals surface area contributed by atoms with Crippen molar-refractivity contribution in [3.8, 4) is 0 Å². The zero-order chi connectivity index (χ0) is 25.8. The Bertz CT molecular complexity index is 826. The molecule has 0 aliphatic heterocycles. The van der Waals surface area contributed by atoms with E-state index in [2.05, 4.69) is 60.7 Å². The van der Waals surface area contributed by atoms with Crippen LogP contribution in [-0.4, -0.2) is 27.5 Å². The molecule has 3 fully saturated rings. The molecule has 0 amide bonds. The summed E-state index contributed by atoms with van der Waals surface area (Å²) >= 11 is 0. The Balaban J connectivity index is 1.47. The number of methoxy groups -OCH3 is 1. The summed E-state index contributed by atoms with van der Waals surface area (Å²) in [5.41, 5.74) is 2.56. The molecule has 3 nitrogen and oxygen atoms in total. The minimum atomic E-state index is -1.73. The number of ether oxygens (including phenoxy) is 1. The summed E-state index contributed by atoms with van der Waals surface area (Å²) in [7, 11) is -0.213. The Hall–Kier alpha value is -0.613. The van der Waals surface area contributed by atoms with E-state index in [0.717, 1.165) is 30.1 Å². The molecule has 4 aliphatic carbocycles. The molecule has 0 spiro atoms. The van der Waals surface area contributed by atoms with Gasteiger partial charge in [-0.2, -0.15) is 0 Å². The molecule has 4 heteroatoms. The molecule has 0 aromatic carbocycles. The van der Waals surface area contributed by atoms with E-state index in [0.29, 0.717) is 29.3 Å². The van der Waals surface area contributed by atoms with Crippen molar-refractivity contribution in [3.63, 3.8) is 0 Å². The highest BCUT2D eigenvalue weighted by Gasteiger charge is 2.59. The largest absolute Gasteiger partial charge is 0.469 e. The van der Waals surface area contributed by atoms with Crippen molar-refractivity contribution in [2.45, 2.75) is 130 Å². The first-order valence-corrected chi connectivity index (χ1v) is 17.6. The molecule has 0 N–H and O–H groups in total. The van der Waals surface area contributed by atoms with Crippen LogP contribution in [0.2, 0.25) is 18.1 Å². The fraction of sp³-hybridized carbons (Fsp3) is 0.903. The first kappa shape index (κ1) is 27.4. The van der Waals surface area contributed by atoms with Crippen LogP contribution in [0, 0.1) is 40.4 Å². The molecule has 35 heavy (non-hydrogen) atoms. The maximum atomic E-state index is 11.8. The number of carbonyl (C=O) groups is 1. The van der Waals surface area contributed by atoms with Crippen LogP contribution in [0.3, 0.4) is 0 Å². The van der Waals surface area contributed by atoms with Crippen molar-refractivity contribution in [1.29, 1.82) is 0 Å². The summed E-state index contributed by atoms with van der Waals surface area (Å²) in [5, 5.41) is 0.278. The fourth-order valence-corrected chi connectivity index (χ4v) is 10.3. The van der Waals surface area contributed by atoms with Crippen molar-refractivity contribution in [1.82, 2.24) is 0 Å². The van der Waals surface area contributed by atoms with Gasteiger partial charge < -0.3 is 9.16 Å². The number of carbonyl (C=O) groups excluding carboxylic acids is 1. The van der Waals surface area contributed by atoms with Gasteiger partial charge in [-0.1, -0.05) is 53.2 Å². The van der Waals surface area contributed by atoms with E-state index in [1.165, 1.54) is 58.5 Å². The van der Waals surface area contributed by atoms with Crippen molar-refractivity contribution < 1.29 is 14.0 Å². The van der Waals surface area contributed by atoms with Gasteiger partial charge in [-0.25, -0.2) is 0 Å². The van der Waals surface area contributed by atoms with Gasteiger partial charge in [0.05, 0.1) is 7.11 Å². The van der Waals surface area contributed by atoms with Crippen LogP contribution in [0.15, 0.2) is 11.6 Å². The van der Waals surface area contributed by atoms with Crippen LogP contribution in [0.4, 0.5) is 0 Å². The summed E-state index contributed by atoms with van der Waals surface area (Å²) in [6.45, 7) is 19.5. The number of hydrogen-bond donors (Lipinski definition) is 0. The lowest BCUT2D eigenvalue weighted by Crippen LogP contribution is -2.52. The van der Waals surface area contributed by atoms with E-state index in [9.17, 15) is 4.79 Å². The maximum Gasteiger partial charge on any atom is 0.305 e. The second kappa shape index (κ2) is 9.60. The van der Waals surface area contributed by atoms with Crippen LogP contribution in [0.25, 0.3) is 0 Å². The Labute approximate surface area is 217 Å². The molecule has 0 unspecified atom stereocenters. The third kappa shape index (κ3) is 4.85. The van der Waals surface area contributed by atoms with E-state index in [-0.39, 0.29) is 11.0 Å². The monoisotopic (exact) mass is 502 g/mol. The van der Waals surface area contributed by atoms with Gasteiger partial charge in [0.15, 0.2) is 8.32 Å². The minimum Gasteiger partial charge on any atom is -0.469 e. The molecule has 8 atom stereocenters. The van der Waals surface area contributed by atoms with E-state index >= 15 is 0 Å². The average Bonchev–Trinajstić information content (AvgIpc) is 3.13. The van der Waals surface area contributed by atoms with Crippen molar-refractivity contribution in [3.05, 3.63) is 11.6 Å². The van der Waals surface area contributed by atoms with Gasteiger partial charge in [0.1, 0.15) is 0 Å². The van der Waals surface area contributed by atoms with Gasteiger partial charge in [0.25, 0.3) is 0 Å². The number of fused-ring (bicyclic) bond motifs is 5. The highest BCUT2D eigenvalue weighted by atomic mass is 28.4. The normalized spacial score (nSPS) is 40.3. The molecular formula is C31H54O3Si. The lowest BCUT2D eigenvalue weighted by Gasteiger charge is -2.59. The van der Waals surface area contributed by atoms with Gasteiger partial charge in [-0.15, -0.1) is 0 Å². The summed E-state index contributed by atoms with van der Waals surface area (Å²) in [6.07, 6.45) is 15.2. The Morgan fingerprint density at radius 1 is 1.11 bits per heavy atom. The van der Waals surface area contributed by atoms with Crippen molar-refractivity contribution in [2.24, 2.45) is 40.4 Å². The second-order valence-electron chi connectivity index (χ2n) is 14.8. The quantitative estimate of drug-likeness (QED) is 0.207. The van der Waals surface area contributed by atoms with Gasteiger partial charge >= 0.3 is 5.97 Å². The maximum absolute atomic E-state index is 11.8. The number of hydrogen-bond acceptors (Lipinski definition) is 3. The predicted molar refractivity (Wildman–Crippen MR) is 148 cm³/mol. The van der Waals surface area contributed by atoms with Crippen LogP contribution in [-0.2, 0) is 14.0 Å². The molecule has 3 saturated carbocycles. The molecule has 4 aliphatic rings. The van der Waals surface area contributed by atoms with E-state index < -0.39 is 8.32 Å². The third-order valence-corrected chi connectivity index (χ3v) is 16.7. The fourth-order valence-electron chi connectivity index (χ4n) is 8.95. The van der Waals surface area contributed by atoms with Crippen LogP contribution >= 0.6 is 0 Å². The smallest absolute Gasteiger partial charge is 0.305 e. The third-order valence-electron chi connectivity index (χ3n) is 12.1. The van der Waals surface area contributed by atoms with Crippen LogP contribution in [0.5, 0.6) is 0 Å². The van der Waals surface area contributed by atoms with E-state index in [4.69, 9.17) is 9.16 Å². The molecule has 0 aromatic rings. The van der Waals surface area contributed by atoms with Crippen LogP contribution < -0.4 is 0 Å². The summed E-state index contributed by atoms with van der Waals surface area (Å²) in [4.78, 5) is 11.8. The van der Waals surface area contributed by atoms with E-state index in [1.54, 1.807) is 5.57 Å². The standard InChI is InChI=1S/C31H54O3Si/c1-21(10-15-28(32)33-7)25-13-14-26-24-12-11-22-20-23(34-35(8,9)29(2,3)4)16-18-30(22,5)27(24)17-19-31(25,26)6/h11,21,23-27H,10,12-20H2,1-9H3/t21-,23+,24+,25-,26+,27+,30+,31-/m1/s1. The molecular weight excluding hydrogens is 448 g/mol. The highest BCUT2D eigenvalue weighted by molar-refractivity contribution is 6.74. The first-order valence-electron chi connectivity index (χ1n) is 14.7. The van der Waals surface area contributed by atoms with Gasteiger partial charge in [0, 0.05) is 12.5 Å². The molecule has 200 valence electrons. The molecule has 0 aromatic heterocycles. The van der Waals surface area contributed by atoms with Crippen LogP contribution in [0.1, 0.15) is 106 Å². The van der Waals surface area contributed by atoms with Crippen molar-refractivity contribution >= 4 is 14.3 Å². The molecule has 0 saturated heterocycles. The second-order valence-corrected chi connectivity index (χ2v) is 19.6. The van der Waals surface area contributed by atoms with Gasteiger partial charge in [-0.3, -0.25) is 4.79 Å². The van der Waals surface area contributed by atoms with E-state index in [1.807, 2.05) is 0 Å². The minimum absolute atomic E-state index is 0.0498. The molecule has 4 rings (SSSR count). The number of allylic oxidation sites excluding steroid dienone is 1. The lowest BCUT2D eigenvalue weighted by atomic mass is 9.47. The SMILES string of the molecule is COC(=O)CC[C@@H](C)[C@H]1CC[C@H]2[C@@H]3CC=C4C[C@@H](O[Si](C)(C)C(C)(C)C)CC[C@]4(C)[C@H]3CC[C@]12C. The van der Waals surface area contributed by atoms with Gasteiger partial charge in [-0.05, 0) is 116 Å². The molecule has 0 heterocycles. The zero-order valence-electron chi connectivity index (χ0n) is 24.3.